The van der Waals surface area contributed by atoms with Crippen molar-refractivity contribution in [1.29, 1.82) is 0 Å². The molecule has 1 aliphatic heterocycles. The van der Waals surface area contributed by atoms with Gasteiger partial charge in [-0.2, -0.15) is 0 Å². The highest BCUT2D eigenvalue weighted by Crippen LogP contribution is 2.20. The largest absolute Gasteiger partial charge is 0.345 e. The molecule has 1 amide bonds. The third-order valence-electron chi connectivity index (χ3n) is 5.23. The molecule has 1 unspecified atom stereocenters. The fourth-order valence-electron chi connectivity index (χ4n) is 3.66. The van der Waals surface area contributed by atoms with Crippen molar-refractivity contribution < 1.29 is 9.18 Å². The summed E-state index contributed by atoms with van der Waals surface area (Å²) in [6.07, 6.45) is 6.50. The van der Waals surface area contributed by atoms with Gasteiger partial charge in [-0.3, -0.25) is 9.78 Å². The number of rotatable bonds is 8. The maximum Gasteiger partial charge on any atom is 0.232 e. The summed E-state index contributed by atoms with van der Waals surface area (Å²) >= 11 is 1.55. The van der Waals surface area contributed by atoms with Gasteiger partial charge in [0.05, 0.1) is 5.75 Å². The van der Waals surface area contributed by atoms with Gasteiger partial charge in [-0.05, 0) is 55.5 Å². The zero-order chi connectivity index (χ0) is 19.8. The SMILES string of the molecule is CN(CC1CCCN(CCc2ccccc2F)C1)C(=O)CSc1ccncc1. The van der Waals surface area contributed by atoms with Crippen molar-refractivity contribution in [3.05, 3.63) is 60.2 Å². The number of nitrogens with zero attached hydrogens (tertiary/aromatic N) is 3. The van der Waals surface area contributed by atoms with Crippen LogP contribution in [0.5, 0.6) is 0 Å². The van der Waals surface area contributed by atoms with E-state index in [2.05, 4.69) is 9.88 Å². The molecule has 0 spiro atoms. The molecule has 1 aliphatic rings. The number of likely N-dealkylation sites (tertiary alicyclic amines) is 1. The Morgan fingerprint density at radius 2 is 2.07 bits per heavy atom. The molecule has 4 nitrogen and oxygen atoms in total. The number of pyridine rings is 1. The number of amides is 1. The zero-order valence-electron chi connectivity index (χ0n) is 16.4. The molecule has 6 heteroatoms. The van der Waals surface area contributed by atoms with Gasteiger partial charge in [0, 0.05) is 44.0 Å². The number of hydrogen-bond donors (Lipinski definition) is 0. The molecule has 28 heavy (non-hydrogen) atoms. The molecule has 2 heterocycles. The second-order valence-corrected chi connectivity index (χ2v) is 8.44. The number of carbonyl (C=O) groups is 1. The lowest BCUT2D eigenvalue weighted by Crippen LogP contribution is -2.42. The van der Waals surface area contributed by atoms with E-state index in [4.69, 9.17) is 0 Å². The Balaban J connectivity index is 1.42. The number of aromatic nitrogens is 1. The van der Waals surface area contributed by atoms with Gasteiger partial charge in [0.1, 0.15) is 5.82 Å². The van der Waals surface area contributed by atoms with Crippen LogP contribution in [0.15, 0.2) is 53.7 Å². The molecule has 1 aromatic carbocycles. The summed E-state index contributed by atoms with van der Waals surface area (Å²) in [5, 5.41) is 0. The van der Waals surface area contributed by atoms with Crippen LogP contribution in [0.4, 0.5) is 4.39 Å². The van der Waals surface area contributed by atoms with Gasteiger partial charge >= 0.3 is 0 Å². The van der Waals surface area contributed by atoms with E-state index in [-0.39, 0.29) is 11.7 Å². The van der Waals surface area contributed by atoms with Gasteiger partial charge in [-0.1, -0.05) is 18.2 Å². The smallest absolute Gasteiger partial charge is 0.232 e. The minimum absolute atomic E-state index is 0.118. The molecule has 0 saturated carbocycles. The van der Waals surface area contributed by atoms with Crippen LogP contribution in [-0.2, 0) is 11.2 Å². The van der Waals surface area contributed by atoms with Crippen molar-refractivity contribution in [3.8, 4) is 0 Å². The summed E-state index contributed by atoms with van der Waals surface area (Å²) in [7, 11) is 1.90. The monoisotopic (exact) mass is 401 g/mol. The molecule has 0 radical (unpaired) electrons. The van der Waals surface area contributed by atoms with Crippen molar-refractivity contribution in [2.75, 3.05) is 39.0 Å². The first-order valence-corrected chi connectivity index (χ1v) is 10.8. The number of piperidine rings is 1. The summed E-state index contributed by atoms with van der Waals surface area (Å²) in [6, 6.07) is 10.9. The minimum Gasteiger partial charge on any atom is -0.345 e. The fraction of sp³-hybridized carbons (Fsp3) is 0.455. The first kappa shape index (κ1) is 20.8. The summed E-state index contributed by atoms with van der Waals surface area (Å²) in [4.78, 5) is 21.8. The van der Waals surface area contributed by atoms with Crippen LogP contribution in [0, 0.1) is 11.7 Å². The maximum absolute atomic E-state index is 13.8. The van der Waals surface area contributed by atoms with Crippen LogP contribution >= 0.6 is 11.8 Å². The van der Waals surface area contributed by atoms with Crippen molar-refractivity contribution >= 4 is 17.7 Å². The topological polar surface area (TPSA) is 36.4 Å². The van der Waals surface area contributed by atoms with E-state index in [1.165, 1.54) is 6.07 Å². The van der Waals surface area contributed by atoms with E-state index in [1.54, 1.807) is 30.2 Å². The van der Waals surface area contributed by atoms with E-state index in [0.717, 1.165) is 55.9 Å². The molecule has 2 aromatic rings. The van der Waals surface area contributed by atoms with Gasteiger partial charge in [0.25, 0.3) is 0 Å². The maximum atomic E-state index is 13.8. The van der Waals surface area contributed by atoms with Gasteiger partial charge in [0.2, 0.25) is 5.91 Å². The van der Waals surface area contributed by atoms with Crippen LogP contribution in [-0.4, -0.2) is 59.7 Å². The Morgan fingerprint density at radius 3 is 2.86 bits per heavy atom. The quantitative estimate of drug-likeness (QED) is 0.632. The Morgan fingerprint density at radius 1 is 1.29 bits per heavy atom. The van der Waals surface area contributed by atoms with Crippen molar-refractivity contribution in [2.45, 2.75) is 24.2 Å². The highest BCUT2D eigenvalue weighted by atomic mass is 32.2. The molecule has 0 N–H and O–H groups in total. The highest BCUT2D eigenvalue weighted by Gasteiger charge is 2.22. The average Bonchev–Trinajstić information content (AvgIpc) is 2.72. The van der Waals surface area contributed by atoms with Crippen LogP contribution in [0.3, 0.4) is 0 Å². The number of benzene rings is 1. The van der Waals surface area contributed by atoms with E-state index in [0.29, 0.717) is 11.7 Å². The fourth-order valence-corrected chi connectivity index (χ4v) is 4.49. The summed E-state index contributed by atoms with van der Waals surface area (Å²) in [5.41, 5.74) is 0.782. The molecule has 150 valence electrons. The average molecular weight is 402 g/mol. The third kappa shape index (κ3) is 6.31. The Kier molecular flexibility index (Phi) is 7.86. The van der Waals surface area contributed by atoms with Crippen molar-refractivity contribution in [3.63, 3.8) is 0 Å². The normalized spacial score (nSPS) is 17.4. The van der Waals surface area contributed by atoms with Gasteiger partial charge in [-0.25, -0.2) is 4.39 Å². The summed E-state index contributed by atoms with van der Waals surface area (Å²) in [5.74, 6) is 0.970. The standard InChI is InChI=1S/C22H28FN3OS/c1-25(22(27)17-28-20-8-11-24-12-9-20)15-18-5-4-13-26(16-18)14-10-19-6-2-3-7-21(19)23/h2-3,6-9,11-12,18H,4-5,10,13-17H2,1H3. The Bertz CT molecular complexity index is 758. The summed E-state index contributed by atoms with van der Waals surface area (Å²) < 4.78 is 13.8. The number of carbonyl (C=O) groups excluding carboxylic acids is 1. The molecule has 0 bridgehead atoms. The van der Waals surface area contributed by atoms with Gasteiger partial charge in [-0.15, -0.1) is 11.8 Å². The molecule has 1 fully saturated rings. The van der Waals surface area contributed by atoms with Crippen LogP contribution in [0.1, 0.15) is 18.4 Å². The molecule has 1 atom stereocenters. The van der Waals surface area contributed by atoms with E-state index in [9.17, 15) is 9.18 Å². The number of hydrogen-bond acceptors (Lipinski definition) is 4. The number of halogens is 1. The van der Waals surface area contributed by atoms with Crippen LogP contribution in [0.25, 0.3) is 0 Å². The first-order valence-electron chi connectivity index (χ1n) is 9.84. The lowest BCUT2D eigenvalue weighted by atomic mass is 9.97. The predicted octanol–water partition coefficient (Wildman–Crippen LogP) is 3.73. The van der Waals surface area contributed by atoms with Gasteiger partial charge in [0.15, 0.2) is 0 Å². The predicted molar refractivity (Wildman–Crippen MR) is 112 cm³/mol. The Labute approximate surface area is 171 Å². The molecular weight excluding hydrogens is 373 g/mol. The van der Waals surface area contributed by atoms with Gasteiger partial charge < -0.3 is 9.80 Å². The molecule has 1 aromatic heterocycles. The van der Waals surface area contributed by atoms with E-state index in [1.807, 2.05) is 36.2 Å². The van der Waals surface area contributed by atoms with E-state index >= 15 is 0 Å². The van der Waals surface area contributed by atoms with Crippen LogP contribution < -0.4 is 0 Å². The third-order valence-corrected chi connectivity index (χ3v) is 6.22. The lowest BCUT2D eigenvalue weighted by molar-refractivity contribution is -0.127. The number of thioether (sulfide) groups is 1. The first-order chi connectivity index (χ1) is 13.6. The molecule has 1 saturated heterocycles. The van der Waals surface area contributed by atoms with Crippen LogP contribution in [0.2, 0.25) is 0 Å². The van der Waals surface area contributed by atoms with E-state index < -0.39 is 0 Å². The van der Waals surface area contributed by atoms with Crippen molar-refractivity contribution in [1.82, 2.24) is 14.8 Å². The zero-order valence-corrected chi connectivity index (χ0v) is 17.2. The highest BCUT2D eigenvalue weighted by molar-refractivity contribution is 8.00. The molecule has 3 rings (SSSR count). The van der Waals surface area contributed by atoms with Crippen molar-refractivity contribution in [2.24, 2.45) is 5.92 Å². The Hall–Kier alpha value is -1.92. The second-order valence-electron chi connectivity index (χ2n) is 7.40. The summed E-state index contributed by atoms with van der Waals surface area (Å²) in [6.45, 7) is 3.68. The molecule has 0 aliphatic carbocycles. The lowest BCUT2D eigenvalue weighted by Gasteiger charge is -2.34. The molecular formula is C22H28FN3OS. The second kappa shape index (κ2) is 10.6. The minimum atomic E-state index is -0.118.